The molecule has 0 saturated carbocycles. The fourth-order valence-corrected chi connectivity index (χ4v) is 2.56. The smallest absolute Gasteiger partial charge is 0.234 e. The molecule has 0 amide bonds. The minimum atomic E-state index is -0.422. The van der Waals surface area contributed by atoms with E-state index in [-0.39, 0.29) is 0 Å². The molecule has 0 fully saturated rings. The van der Waals surface area contributed by atoms with Gasteiger partial charge in [-0.1, -0.05) is 42.5 Å². The van der Waals surface area contributed by atoms with E-state index in [1.54, 1.807) is 18.2 Å². The lowest BCUT2D eigenvalue weighted by molar-refractivity contribution is 0.0815. The summed E-state index contributed by atoms with van der Waals surface area (Å²) >= 11 is 0. The highest BCUT2D eigenvalue weighted by Crippen LogP contribution is 2.34. The summed E-state index contributed by atoms with van der Waals surface area (Å²) in [4.78, 5) is 24.3. The topological polar surface area (TPSA) is 46.2 Å². The van der Waals surface area contributed by atoms with Gasteiger partial charge in [0.2, 0.25) is 11.6 Å². The summed E-state index contributed by atoms with van der Waals surface area (Å²) in [6.07, 6.45) is 4.02. The molecule has 0 heterocycles. The first-order valence-corrected chi connectivity index (χ1v) is 6.86. The van der Waals surface area contributed by atoms with Crippen molar-refractivity contribution in [1.82, 2.24) is 5.32 Å². The lowest BCUT2D eigenvalue weighted by Gasteiger charge is -2.18. The van der Waals surface area contributed by atoms with Crippen LogP contribution in [0.2, 0.25) is 0 Å². The Hall–Kier alpha value is -2.52. The van der Waals surface area contributed by atoms with Crippen LogP contribution in [0.4, 0.5) is 0 Å². The van der Waals surface area contributed by atoms with Crippen molar-refractivity contribution in [2.24, 2.45) is 0 Å². The van der Waals surface area contributed by atoms with Crippen LogP contribution in [-0.4, -0.2) is 25.2 Å². The lowest BCUT2D eigenvalue weighted by atomic mass is 9.83. The normalized spacial score (nSPS) is 13.4. The van der Waals surface area contributed by atoms with Gasteiger partial charge in [0.25, 0.3) is 0 Å². The monoisotopic (exact) mass is 277 g/mol. The Labute approximate surface area is 123 Å². The molecule has 3 heteroatoms. The second kappa shape index (κ2) is 5.46. The van der Waals surface area contributed by atoms with Crippen LogP contribution in [0.25, 0.3) is 17.2 Å². The van der Waals surface area contributed by atoms with Crippen molar-refractivity contribution in [3.05, 3.63) is 65.2 Å². The van der Waals surface area contributed by atoms with E-state index in [0.29, 0.717) is 11.1 Å². The lowest BCUT2D eigenvalue weighted by Crippen LogP contribution is -2.21. The van der Waals surface area contributed by atoms with E-state index in [0.717, 1.165) is 23.2 Å². The largest absolute Gasteiger partial charge is 0.316 e. The summed E-state index contributed by atoms with van der Waals surface area (Å²) in [5, 5.41) is 3.04. The molecule has 0 spiro atoms. The van der Waals surface area contributed by atoms with Gasteiger partial charge in [0.1, 0.15) is 0 Å². The summed E-state index contributed by atoms with van der Waals surface area (Å²) in [6, 6.07) is 12.8. The molecule has 0 aromatic heterocycles. The molecule has 1 aliphatic carbocycles. The molecule has 3 nitrogen and oxygen atoms in total. The SMILES string of the molecule is CNCC=Cc1ccc2c(c1)-c1ccccc1C(=O)C2=O. The van der Waals surface area contributed by atoms with Crippen LogP contribution in [0.1, 0.15) is 26.3 Å². The fourth-order valence-electron chi connectivity index (χ4n) is 2.56. The molecule has 2 aromatic rings. The van der Waals surface area contributed by atoms with Crippen LogP contribution in [0, 0.1) is 0 Å². The number of rotatable bonds is 3. The minimum absolute atomic E-state index is 0.420. The molecule has 2 aromatic carbocycles. The van der Waals surface area contributed by atoms with Gasteiger partial charge in [-0.2, -0.15) is 0 Å². The summed E-state index contributed by atoms with van der Waals surface area (Å²) in [6.45, 7) is 0.783. The van der Waals surface area contributed by atoms with Gasteiger partial charge in [0, 0.05) is 17.7 Å². The Morgan fingerprint density at radius 1 is 0.905 bits per heavy atom. The number of Topliss-reactive ketones (excluding diaryl/α,β-unsaturated/α-hetero) is 2. The van der Waals surface area contributed by atoms with Gasteiger partial charge < -0.3 is 5.32 Å². The molecule has 0 bridgehead atoms. The number of hydrogen-bond donors (Lipinski definition) is 1. The number of carbonyl (C=O) groups is 2. The number of benzene rings is 2. The van der Waals surface area contributed by atoms with Crippen LogP contribution < -0.4 is 5.32 Å². The van der Waals surface area contributed by atoms with Crippen molar-refractivity contribution in [2.75, 3.05) is 13.6 Å². The number of fused-ring (bicyclic) bond motifs is 3. The average Bonchev–Trinajstić information content (AvgIpc) is 2.53. The van der Waals surface area contributed by atoms with Crippen molar-refractivity contribution in [1.29, 1.82) is 0 Å². The summed E-state index contributed by atoms with van der Waals surface area (Å²) in [5.74, 6) is -0.842. The zero-order valence-corrected chi connectivity index (χ0v) is 11.7. The molecule has 1 N–H and O–H groups in total. The summed E-state index contributed by atoms with van der Waals surface area (Å²) < 4.78 is 0. The maximum absolute atomic E-state index is 12.2. The Morgan fingerprint density at radius 3 is 2.29 bits per heavy atom. The minimum Gasteiger partial charge on any atom is -0.316 e. The van der Waals surface area contributed by atoms with Crippen molar-refractivity contribution >= 4 is 17.6 Å². The number of ketones is 2. The first-order chi connectivity index (χ1) is 10.2. The second-order valence-corrected chi connectivity index (χ2v) is 4.97. The van der Waals surface area contributed by atoms with Gasteiger partial charge in [-0.05, 0) is 35.9 Å². The van der Waals surface area contributed by atoms with Gasteiger partial charge >= 0.3 is 0 Å². The van der Waals surface area contributed by atoms with Crippen molar-refractivity contribution in [2.45, 2.75) is 0 Å². The summed E-state index contributed by atoms with van der Waals surface area (Å²) in [7, 11) is 1.89. The van der Waals surface area contributed by atoms with E-state index < -0.39 is 11.6 Å². The predicted molar refractivity (Wildman–Crippen MR) is 83.5 cm³/mol. The molecule has 0 atom stereocenters. The van der Waals surface area contributed by atoms with Gasteiger partial charge in [0.15, 0.2) is 0 Å². The highest BCUT2D eigenvalue weighted by atomic mass is 16.2. The van der Waals surface area contributed by atoms with Gasteiger partial charge in [-0.3, -0.25) is 9.59 Å². The van der Waals surface area contributed by atoms with Crippen LogP contribution in [0.5, 0.6) is 0 Å². The summed E-state index contributed by atoms with van der Waals surface area (Å²) in [5.41, 5.74) is 3.67. The van der Waals surface area contributed by atoms with E-state index in [1.807, 2.05) is 43.5 Å². The molecule has 0 aliphatic heterocycles. The quantitative estimate of drug-likeness (QED) is 0.877. The molecule has 1 aliphatic rings. The third-order valence-electron chi connectivity index (χ3n) is 3.59. The molecule has 0 unspecified atom stereocenters. The maximum atomic E-state index is 12.2. The van der Waals surface area contributed by atoms with E-state index in [2.05, 4.69) is 5.32 Å². The second-order valence-electron chi connectivity index (χ2n) is 4.97. The predicted octanol–water partition coefficient (Wildman–Crippen LogP) is 2.97. The van der Waals surface area contributed by atoms with Gasteiger partial charge in [0.05, 0.1) is 0 Å². The van der Waals surface area contributed by atoms with E-state index in [9.17, 15) is 9.59 Å². The van der Waals surface area contributed by atoms with Crippen LogP contribution in [-0.2, 0) is 0 Å². The van der Waals surface area contributed by atoms with Gasteiger partial charge in [-0.15, -0.1) is 0 Å². The van der Waals surface area contributed by atoms with E-state index >= 15 is 0 Å². The van der Waals surface area contributed by atoms with Crippen LogP contribution in [0.3, 0.4) is 0 Å². The zero-order chi connectivity index (χ0) is 14.8. The fraction of sp³-hybridized carbons (Fsp3) is 0.111. The number of hydrogen-bond acceptors (Lipinski definition) is 3. The highest BCUT2D eigenvalue weighted by Gasteiger charge is 2.29. The molecular formula is C18H15NO2. The highest BCUT2D eigenvalue weighted by molar-refractivity contribution is 6.53. The maximum Gasteiger partial charge on any atom is 0.234 e. The van der Waals surface area contributed by atoms with Crippen LogP contribution >= 0.6 is 0 Å². The standard InChI is InChI=1S/C18H15NO2/c1-19-10-4-5-12-8-9-15-16(11-12)13-6-2-3-7-14(13)17(20)18(15)21/h2-9,11,19H,10H2,1H3. The number of likely N-dealkylation sites (N-methyl/N-ethyl adjacent to an activating group) is 1. The Balaban J connectivity index is 2.13. The first-order valence-electron chi connectivity index (χ1n) is 6.86. The van der Waals surface area contributed by atoms with Crippen molar-refractivity contribution < 1.29 is 9.59 Å². The Bertz CT molecular complexity index is 760. The number of nitrogens with one attached hydrogen (secondary N) is 1. The first kappa shape index (κ1) is 13.5. The van der Waals surface area contributed by atoms with Crippen molar-refractivity contribution in [3.8, 4) is 11.1 Å². The molecule has 3 rings (SSSR count). The molecule has 21 heavy (non-hydrogen) atoms. The van der Waals surface area contributed by atoms with E-state index in [1.165, 1.54) is 0 Å². The number of carbonyl (C=O) groups excluding carboxylic acids is 2. The molecule has 0 radical (unpaired) electrons. The average molecular weight is 277 g/mol. The third kappa shape index (κ3) is 2.32. The van der Waals surface area contributed by atoms with Crippen LogP contribution in [0.15, 0.2) is 48.5 Å². The van der Waals surface area contributed by atoms with E-state index in [4.69, 9.17) is 0 Å². The van der Waals surface area contributed by atoms with Gasteiger partial charge in [-0.25, -0.2) is 0 Å². The molecule has 104 valence electrons. The zero-order valence-electron chi connectivity index (χ0n) is 11.7. The Morgan fingerprint density at radius 2 is 1.57 bits per heavy atom. The van der Waals surface area contributed by atoms with Crippen molar-refractivity contribution in [3.63, 3.8) is 0 Å². The molecule has 0 saturated heterocycles. The Kier molecular flexibility index (Phi) is 3.50. The molecular weight excluding hydrogens is 262 g/mol. The third-order valence-corrected chi connectivity index (χ3v) is 3.59.